The molecule has 39 heavy (non-hydrogen) atoms. The van der Waals surface area contributed by atoms with Crippen molar-refractivity contribution in [3.05, 3.63) is 63.2 Å². The molecule has 4 rings (SSSR count). The maximum absolute atomic E-state index is 11.4. The van der Waals surface area contributed by atoms with E-state index in [1.54, 1.807) is 0 Å². The molecule has 0 unspecified atom stereocenters. The SMILES string of the molecule is C.C1CNCCOC1.CC(C)(C)OC(=O)NCc1ccc(I)cc1.NCc1ccc(N2CCCOCC2)cc1. The third kappa shape index (κ3) is 16.7. The van der Waals surface area contributed by atoms with Gasteiger partial charge < -0.3 is 35.5 Å². The number of halogens is 1. The quantitative estimate of drug-likeness (QED) is 0.384. The van der Waals surface area contributed by atoms with Crippen molar-refractivity contribution in [1.29, 1.82) is 0 Å². The molecule has 4 N–H and O–H groups in total. The van der Waals surface area contributed by atoms with E-state index < -0.39 is 5.60 Å². The Bertz CT molecular complexity index is 877. The number of nitrogens with one attached hydrogen (secondary N) is 2. The van der Waals surface area contributed by atoms with Crippen LogP contribution in [0.25, 0.3) is 0 Å². The van der Waals surface area contributed by atoms with E-state index in [0.717, 1.165) is 64.6 Å². The minimum Gasteiger partial charge on any atom is -0.444 e. The molecule has 2 aliphatic heterocycles. The summed E-state index contributed by atoms with van der Waals surface area (Å²) in [5.74, 6) is 0. The smallest absolute Gasteiger partial charge is 0.407 e. The fraction of sp³-hybridized carbons (Fsp3) is 0.567. The molecular weight excluding hydrogens is 607 g/mol. The lowest BCUT2D eigenvalue weighted by atomic mass is 10.2. The first-order valence-corrected chi connectivity index (χ1v) is 14.5. The lowest BCUT2D eigenvalue weighted by Crippen LogP contribution is -2.32. The van der Waals surface area contributed by atoms with E-state index in [1.807, 2.05) is 45.0 Å². The molecule has 0 saturated carbocycles. The van der Waals surface area contributed by atoms with Crippen LogP contribution in [0.5, 0.6) is 0 Å². The van der Waals surface area contributed by atoms with Gasteiger partial charge in [-0.15, -0.1) is 0 Å². The average Bonchev–Trinajstić information content (AvgIpc) is 3.37. The summed E-state index contributed by atoms with van der Waals surface area (Å²) in [6.45, 7) is 14.4. The topological polar surface area (TPSA) is 98.1 Å². The highest BCUT2D eigenvalue weighted by Gasteiger charge is 2.15. The lowest BCUT2D eigenvalue weighted by molar-refractivity contribution is 0.0523. The number of hydrogen-bond acceptors (Lipinski definition) is 7. The highest BCUT2D eigenvalue weighted by molar-refractivity contribution is 14.1. The zero-order valence-electron chi connectivity index (χ0n) is 23.1. The van der Waals surface area contributed by atoms with Gasteiger partial charge in [0.2, 0.25) is 0 Å². The summed E-state index contributed by atoms with van der Waals surface area (Å²) in [5, 5.41) is 5.93. The summed E-state index contributed by atoms with van der Waals surface area (Å²) in [7, 11) is 0. The van der Waals surface area contributed by atoms with Crippen molar-refractivity contribution < 1.29 is 19.0 Å². The maximum atomic E-state index is 11.4. The third-order valence-corrected chi connectivity index (χ3v) is 6.29. The molecular formula is C30H49IN4O4. The van der Waals surface area contributed by atoms with Crippen LogP contribution in [0.2, 0.25) is 0 Å². The van der Waals surface area contributed by atoms with E-state index in [4.69, 9.17) is 19.9 Å². The van der Waals surface area contributed by atoms with Crippen LogP contribution < -0.4 is 21.3 Å². The van der Waals surface area contributed by atoms with E-state index in [9.17, 15) is 4.79 Å². The van der Waals surface area contributed by atoms with Gasteiger partial charge in [0, 0.05) is 55.2 Å². The first-order chi connectivity index (χ1) is 18.3. The Kier molecular flexibility index (Phi) is 18.0. The van der Waals surface area contributed by atoms with Crippen molar-refractivity contribution in [3.63, 3.8) is 0 Å². The van der Waals surface area contributed by atoms with Gasteiger partial charge in [-0.05, 0) is 98.1 Å². The minimum atomic E-state index is -0.448. The molecule has 9 heteroatoms. The fourth-order valence-electron chi connectivity index (χ4n) is 3.61. The van der Waals surface area contributed by atoms with E-state index in [1.165, 1.54) is 21.2 Å². The van der Waals surface area contributed by atoms with Crippen LogP contribution in [0.15, 0.2) is 48.5 Å². The van der Waals surface area contributed by atoms with Gasteiger partial charge in [0.1, 0.15) is 5.60 Å². The molecule has 0 aromatic heterocycles. The molecule has 220 valence electrons. The fourth-order valence-corrected chi connectivity index (χ4v) is 3.97. The van der Waals surface area contributed by atoms with Crippen molar-refractivity contribution in [3.8, 4) is 0 Å². The number of amides is 1. The predicted octanol–water partition coefficient (Wildman–Crippen LogP) is 5.32. The van der Waals surface area contributed by atoms with E-state index >= 15 is 0 Å². The minimum absolute atomic E-state index is 0. The van der Waals surface area contributed by atoms with Crippen molar-refractivity contribution in [1.82, 2.24) is 10.6 Å². The van der Waals surface area contributed by atoms with Crippen LogP contribution in [0, 0.1) is 3.57 Å². The summed E-state index contributed by atoms with van der Waals surface area (Å²) in [4.78, 5) is 13.7. The first kappa shape index (κ1) is 35.1. The number of alkyl carbamates (subject to hydrolysis) is 1. The van der Waals surface area contributed by atoms with Crippen molar-refractivity contribution in [2.24, 2.45) is 5.73 Å². The summed E-state index contributed by atoms with van der Waals surface area (Å²) in [6, 6.07) is 16.5. The van der Waals surface area contributed by atoms with Crippen molar-refractivity contribution in [2.75, 3.05) is 57.5 Å². The molecule has 0 atom stereocenters. The Labute approximate surface area is 249 Å². The Morgan fingerprint density at radius 1 is 0.949 bits per heavy atom. The number of anilines is 1. The van der Waals surface area contributed by atoms with Gasteiger partial charge in [-0.25, -0.2) is 4.79 Å². The van der Waals surface area contributed by atoms with Crippen molar-refractivity contribution in [2.45, 2.75) is 59.7 Å². The number of carbonyl (C=O) groups is 1. The monoisotopic (exact) mass is 656 g/mol. The van der Waals surface area contributed by atoms with Crippen LogP contribution in [0.3, 0.4) is 0 Å². The van der Waals surface area contributed by atoms with Gasteiger partial charge in [0.15, 0.2) is 0 Å². The second kappa shape index (κ2) is 20.0. The number of benzene rings is 2. The highest BCUT2D eigenvalue weighted by Crippen LogP contribution is 2.16. The van der Waals surface area contributed by atoms with Crippen LogP contribution >= 0.6 is 22.6 Å². The zero-order chi connectivity index (χ0) is 27.6. The summed E-state index contributed by atoms with van der Waals surface area (Å²) in [5.41, 5.74) is 8.64. The van der Waals surface area contributed by atoms with Crippen LogP contribution in [0.1, 0.15) is 52.2 Å². The number of hydrogen-bond donors (Lipinski definition) is 3. The van der Waals surface area contributed by atoms with E-state index in [-0.39, 0.29) is 13.5 Å². The molecule has 2 saturated heterocycles. The molecule has 2 aliphatic rings. The maximum Gasteiger partial charge on any atom is 0.407 e. The summed E-state index contributed by atoms with van der Waals surface area (Å²) < 4.78 is 16.9. The lowest BCUT2D eigenvalue weighted by Gasteiger charge is -2.22. The molecule has 2 fully saturated rings. The van der Waals surface area contributed by atoms with Gasteiger partial charge in [0.25, 0.3) is 0 Å². The molecule has 0 radical (unpaired) electrons. The standard InChI is InChI=1S/C12H16INO2.C12H18N2O.C5H11NO.CH4/c1-12(2,3)16-11(15)14-8-9-4-6-10(13)7-5-9;13-10-11-2-4-12(5-3-11)14-6-1-8-15-9-7-14;1-2-6-3-5-7-4-1;/h4-7H,8H2,1-3H3,(H,14,15);2-5H,1,6-10,13H2;6H,1-5H2;1H4. The number of ether oxygens (including phenoxy) is 3. The Morgan fingerprint density at radius 3 is 2.26 bits per heavy atom. The molecule has 0 aliphatic carbocycles. The Balaban J connectivity index is 0.000000308. The largest absolute Gasteiger partial charge is 0.444 e. The molecule has 1 amide bonds. The normalized spacial score (nSPS) is 15.6. The summed E-state index contributed by atoms with van der Waals surface area (Å²) >= 11 is 2.24. The Hall–Kier alpha value is -1.92. The number of nitrogens with zero attached hydrogens (tertiary/aromatic N) is 1. The van der Waals surface area contributed by atoms with Gasteiger partial charge >= 0.3 is 6.09 Å². The molecule has 2 heterocycles. The van der Waals surface area contributed by atoms with Crippen LogP contribution in [-0.2, 0) is 27.3 Å². The van der Waals surface area contributed by atoms with Gasteiger partial charge in [-0.1, -0.05) is 31.7 Å². The van der Waals surface area contributed by atoms with E-state index in [0.29, 0.717) is 13.1 Å². The molecule has 8 nitrogen and oxygen atoms in total. The average molecular weight is 657 g/mol. The summed E-state index contributed by atoms with van der Waals surface area (Å²) in [6.07, 6.45) is 1.89. The first-order valence-electron chi connectivity index (χ1n) is 13.4. The van der Waals surface area contributed by atoms with Crippen LogP contribution in [-0.4, -0.2) is 64.3 Å². The molecule has 2 aromatic carbocycles. The van der Waals surface area contributed by atoms with Crippen molar-refractivity contribution >= 4 is 34.4 Å². The number of rotatable bonds is 4. The Morgan fingerprint density at radius 2 is 1.59 bits per heavy atom. The molecule has 0 bridgehead atoms. The second-order valence-electron chi connectivity index (χ2n) is 10.0. The molecule has 0 spiro atoms. The second-order valence-corrected chi connectivity index (χ2v) is 11.3. The van der Waals surface area contributed by atoms with Crippen LogP contribution in [0.4, 0.5) is 10.5 Å². The molecule has 2 aromatic rings. The zero-order valence-corrected chi connectivity index (χ0v) is 25.3. The van der Waals surface area contributed by atoms with Gasteiger partial charge in [0.05, 0.1) is 13.2 Å². The number of carbonyl (C=O) groups excluding carboxylic acids is 1. The highest BCUT2D eigenvalue weighted by atomic mass is 127. The van der Waals surface area contributed by atoms with Gasteiger partial charge in [-0.2, -0.15) is 0 Å². The number of nitrogens with two attached hydrogens (primary N) is 1. The van der Waals surface area contributed by atoms with E-state index in [2.05, 4.69) is 62.4 Å². The third-order valence-electron chi connectivity index (χ3n) is 5.57. The van der Waals surface area contributed by atoms with Gasteiger partial charge in [-0.3, -0.25) is 0 Å². The predicted molar refractivity (Wildman–Crippen MR) is 169 cm³/mol.